The van der Waals surface area contributed by atoms with Gasteiger partial charge in [0.25, 0.3) is 11.8 Å². The Bertz CT molecular complexity index is 2790. The molecular weight excluding hydrogens is 871 g/mol. The number of fused-ring (bicyclic) bond motifs is 8. The number of methoxy groups -OCH3 is 1. The molecule has 0 aliphatic carbocycles. The van der Waals surface area contributed by atoms with Gasteiger partial charge in [0.05, 0.1) is 61.5 Å². The Labute approximate surface area is 404 Å². The Morgan fingerprint density at radius 3 is 1.86 bits per heavy atom. The number of anilines is 3. The molecule has 0 N–H and O–H groups in total. The minimum absolute atomic E-state index is 0.0362. The van der Waals surface area contributed by atoms with Crippen molar-refractivity contribution in [2.24, 2.45) is 15.9 Å². The highest BCUT2D eigenvalue weighted by atomic mass is 16.5. The lowest BCUT2D eigenvalue weighted by atomic mass is 10.0. The van der Waals surface area contributed by atoms with Gasteiger partial charge in [-0.15, -0.1) is 0 Å². The van der Waals surface area contributed by atoms with E-state index in [0.29, 0.717) is 98.5 Å². The van der Waals surface area contributed by atoms with Crippen molar-refractivity contribution in [1.82, 2.24) is 0 Å². The molecule has 0 saturated carbocycles. The van der Waals surface area contributed by atoms with Gasteiger partial charge in [-0.05, 0) is 90.0 Å². The third kappa shape index (κ3) is 10.3. The van der Waals surface area contributed by atoms with Crippen LogP contribution in [0.2, 0.25) is 0 Å². The number of ether oxygens (including phenoxy) is 5. The summed E-state index contributed by atoms with van der Waals surface area (Å²) in [5.41, 5.74) is 9.64. The molecule has 4 aliphatic rings. The normalized spacial score (nSPS) is 16.3. The van der Waals surface area contributed by atoms with E-state index < -0.39 is 0 Å². The first kappa shape index (κ1) is 47.2. The number of para-hydroxylation sites is 2. The highest BCUT2D eigenvalue weighted by Crippen LogP contribution is 2.42. The van der Waals surface area contributed by atoms with Crippen LogP contribution in [0.15, 0.2) is 101 Å². The molecule has 4 aliphatic heterocycles. The first-order valence-electron chi connectivity index (χ1n) is 24.2. The number of aryl methyl sites for hydroxylation is 1. The van der Waals surface area contributed by atoms with Crippen molar-refractivity contribution in [2.45, 2.75) is 85.1 Å². The van der Waals surface area contributed by atoms with Gasteiger partial charge in [-0.3, -0.25) is 34.2 Å². The number of nitrogens with zero attached hydrogens (tertiary/aromatic N) is 5. The lowest BCUT2D eigenvalue weighted by molar-refractivity contribution is -0.121. The minimum Gasteiger partial charge on any atom is -0.493 e. The first-order chi connectivity index (χ1) is 33.6. The molecular formula is C56H61N5O8. The average Bonchev–Trinajstić information content (AvgIpc) is 3.85. The van der Waals surface area contributed by atoms with Gasteiger partial charge in [0, 0.05) is 86.5 Å². The molecule has 5 aromatic carbocycles. The van der Waals surface area contributed by atoms with E-state index in [4.69, 9.17) is 33.7 Å². The van der Waals surface area contributed by atoms with Crippen LogP contribution < -0.4 is 28.9 Å². The fourth-order valence-electron chi connectivity index (χ4n) is 9.55. The Balaban J connectivity index is 0.989. The molecule has 5 aromatic rings. The zero-order valence-electron chi connectivity index (χ0n) is 40.2. The quantitative estimate of drug-likeness (QED) is 0.0660. The van der Waals surface area contributed by atoms with Gasteiger partial charge in [0.1, 0.15) is 24.7 Å². The summed E-state index contributed by atoms with van der Waals surface area (Å²) < 4.78 is 30.7. The van der Waals surface area contributed by atoms with Crippen molar-refractivity contribution < 1.29 is 38.1 Å². The summed E-state index contributed by atoms with van der Waals surface area (Å²) in [6, 6.07) is 29.2. The van der Waals surface area contributed by atoms with Gasteiger partial charge in [-0.25, -0.2) is 0 Å². The van der Waals surface area contributed by atoms with E-state index in [1.807, 2.05) is 91.5 Å². The number of carbonyl (C=O) groups is 3. The Kier molecular flexibility index (Phi) is 14.5. The van der Waals surface area contributed by atoms with Crippen molar-refractivity contribution in [3.8, 4) is 17.2 Å². The zero-order valence-corrected chi connectivity index (χ0v) is 40.2. The van der Waals surface area contributed by atoms with Crippen molar-refractivity contribution in [3.05, 3.63) is 130 Å². The third-order valence-corrected chi connectivity index (χ3v) is 13.2. The van der Waals surface area contributed by atoms with Crippen LogP contribution in [0.1, 0.15) is 88.6 Å². The van der Waals surface area contributed by atoms with Crippen molar-refractivity contribution in [2.75, 3.05) is 61.3 Å². The molecule has 2 unspecified atom stereocenters. The summed E-state index contributed by atoms with van der Waals surface area (Å²) in [5, 5.41) is 0. The molecule has 0 fully saturated rings. The first-order valence-corrected chi connectivity index (χ1v) is 24.2. The van der Waals surface area contributed by atoms with Crippen LogP contribution in [0.4, 0.5) is 28.4 Å². The largest absolute Gasteiger partial charge is 0.493 e. The second kappa shape index (κ2) is 21.2. The van der Waals surface area contributed by atoms with E-state index in [1.165, 1.54) is 0 Å². The molecule has 0 aromatic heterocycles. The SMILES string of the molecule is CCCOCCOCCN(CCCC(=O)C(C)C)c1cc(COc2cc3c(cc2C)C(=O)N2c4ccccc4CC2C=N3)cc(COc2cc3c(cc2OC)C(=O)N2c4ccccc4CC2C=N3)c1. The van der Waals surface area contributed by atoms with Crippen molar-refractivity contribution in [3.63, 3.8) is 0 Å². The predicted molar refractivity (Wildman–Crippen MR) is 270 cm³/mol. The Hall–Kier alpha value is -6.83. The summed E-state index contributed by atoms with van der Waals surface area (Å²) in [6.45, 7) is 11.7. The number of ketones is 1. The monoisotopic (exact) mass is 931 g/mol. The maximum Gasteiger partial charge on any atom is 0.261 e. The fourth-order valence-corrected chi connectivity index (χ4v) is 9.55. The third-order valence-electron chi connectivity index (χ3n) is 13.2. The van der Waals surface area contributed by atoms with Crippen LogP contribution >= 0.6 is 0 Å². The van der Waals surface area contributed by atoms with Gasteiger partial charge in [0.15, 0.2) is 11.5 Å². The summed E-state index contributed by atoms with van der Waals surface area (Å²) in [4.78, 5) is 56.5. The lowest BCUT2D eigenvalue weighted by Gasteiger charge is -2.26. The Morgan fingerprint density at radius 1 is 0.696 bits per heavy atom. The van der Waals surface area contributed by atoms with Gasteiger partial charge >= 0.3 is 0 Å². The van der Waals surface area contributed by atoms with Crippen LogP contribution in [0, 0.1) is 12.8 Å². The molecule has 0 bridgehead atoms. The summed E-state index contributed by atoms with van der Waals surface area (Å²) in [6.07, 6.45) is 7.23. The molecule has 358 valence electrons. The van der Waals surface area contributed by atoms with Gasteiger partial charge < -0.3 is 28.6 Å². The second-order valence-electron chi connectivity index (χ2n) is 18.4. The van der Waals surface area contributed by atoms with Crippen LogP contribution in [-0.4, -0.2) is 88.7 Å². The molecule has 0 saturated heterocycles. The highest BCUT2D eigenvalue weighted by molar-refractivity contribution is 6.15. The molecule has 2 amide bonds. The number of aliphatic imine (C=N–C) groups is 2. The summed E-state index contributed by atoms with van der Waals surface area (Å²) in [5.74, 6) is 1.48. The van der Waals surface area contributed by atoms with E-state index in [-0.39, 0.29) is 48.8 Å². The molecule has 9 rings (SSSR count). The average molecular weight is 932 g/mol. The van der Waals surface area contributed by atoms with Gasteiger partial charge in [-0.1, -0.05) is 57.2 Å². The summed E-state index contributed by atoms with van der Waals surface area (Å²) >= 11 is 0. The molecule has 0 spiro atoms. The van der Waals surface area contributed by atoms with Crippen molar-refractivity contribution in [1.29, 1.82) is 0 Å². The number of amides is 2. The number of Topliss-reactive ketones (excluding diaryl/α,β-unsaturated/α-hetero) is 1. The molecule has 4 heterocycles. The number of rotatable bonds is 21. The van der Waals surface area contributed by atoms with E-state index in [0.717, 1.165) is 57.7 Å². The minimum atomic E-state index is -0.187. The molecule has 2 atom stereocenters. The van der Waals surface area contributed by atoms with Gasteiger partial charge in [-0.2, -0.15) is 0 Å². The highest BCUT2D eigenvalue weighted by Gasteiger charge is 2.38. The molecule has 0 radical (unpaired) electrons. The van der Waals surface area contributed by atoms with Crippen LogP contribution in [0.3, 0.4) is 0 Å². The van der Waals surface area contributed by atoms with E-state index >= 15 is 0 Å². The fraction of sp³-hybridized carbons (Fsp3) is 0.375. The van der Waals surface area contributed by atoms with Crippen molar-refractivity contribution >= 4 is 58.5 Å². The maximum atomic E-state index is 14.1. The zero-order chi connectivity index (χ0) is 48.0. The van der Waals surface area contributed by atoms with Crippen LogP contribution in [0.25, 0.3) is 0 Å². The Morgan fingerprint density at radius 2 is 1.26 bits per heavy atom. The van der Waals surface area contributed by atoms with E-state index in [2.05, 4.69) is 42.2 Å². The topological polar surface area (TPSA) is 132 Å². The number of hydrogen-bond donors (Lipinski definition) is 0. The number of benzene rings is 5. The molecule has 13 nitrogen and oxygen atoms in total. The van der Waals surface area contributed by atoms with Crippen LogP contribution in [0.5, 0.6) is 17.2 Å². The molecule has 69 heavy (non-hydrogen) atoms. The summed E-state index contributed by atoms with van der Waals surface area (Å²) in [7, 11) is 1.57. The number of carbonyl (C=O) groups excluding carboxylic acids is 3. The maximum absolute atomic E-state index is 14.1. The van der Waals surface area contributed by atoms with Gasteiger partial charge in [0.2, 0.25) is 0 Å². The smallest absolute Gasteiger partial charge is 0.261 e. The lowest BCUT2D eigenvalue weighted by Crippen LogP contribution is -2.37. The molecule has 13 heteroatoms. The standard InChI is InChI=1S/C56H61N5O8/c1-6-19-66-21-22-67-20-18-59(17-11-16-51(62)36(2)3)42-25-38(34-68-52-30-47-45(23-37(52)4)55(63)60-43(32-57-47)27-40-12-7-9-14-49(40)60)24-39(26-42)35-69-54-31-48-46(29-53(54)65-5)56(64)61-44(33-58-48)28-41-13-8-10-15-50(41)61/h7-10,12-15,23-26,29-33,36,43-44H,6,11,16-22,27-28,34-35H2,1-5H3. The number of hydrogen-bond acceptors (Lipinski definition) is 11. The second-order valence-corrected chi connectivity index (χ2v) is 18.4. The predicted octanol–water partition coefficient (Wildman–Crippen LogP) is 9.99. The van der Waals surface area contributed by atoms with E-state index in [1.54, 1.807) is 19.2 Å². The van der Waals surface area contributed by atoms with Crippen LogP contribution in [-0.2, 0) is 40.3 Å². The van der Waals surface area contributed by atoms with E-state index in [9.17, 15) is 14.4 Å².